The van der Waals surface area contributed by atoms with Gasteiger partial charge in [0.2, 0.25) is 5.56 Å². The highest BCUT2D eigenvalue weighted by atomic mass is 16.6. The lowest BCUT2D eigenvalue weighted by molar-refractivity contribution is -0.384. The Morgan fingerprint density at radius 2 is 2.00 bits per heavy atom. The van der Waals surface area contributed by atoms with Gasteiger partial charge in [0, 0.05) is 29.1 Å². The van der Waals surface area contributed by atoms with E-state index in [-0.39, 0.29) is 17.3 Å². The number of nitrogens with zero attached hydrogens (tertiary/aromatic N) is 1. The van der Waals surface area contributed by atoms with E-state index >= 15 is 0 Å². The molecule has 1 atom stereocenters. The predicted molar refractivity (Wildman–Crippen MR) is 96.2 cm³/mol. The molecule has 0 spiro atoms. The number of nitrogens with one attached hydrogen (secondary N) is 2. The number of nitro benzene ring substituents is 1. The van der Waals surface area contributed by atoms with Gasteiger partial charge in [-0.3, -0.25) is 19.7 Å². The highest BCUT2D eigenvalue weighted by Crippen LogP contribution is 2.31. The first-order valence-corrected chi connectivity index (χ1v) is 8.23. The molecule has 0 aliphatic heterocycles. The molecule has 2 aromatic carbocycles. The molecule has 1 aliphatic carbocycles. The van der Waals surface area contributed by atoms with Crippen LogP contribution in [0.5, 0.6) is 0 Å². The van der Waals surface area contributed by atoms with Crippen molar-refractivity contribution in [1.82, 2.24) is 10.3 Å². The van der Waals surface area contributed by atoms with E-state index in [4.69, 9.17) is 0 Å². The number of aromatic nitrogens is 1. The van der Waals surface area contributed by atoms with E-state index in [1.54, 1.807) is 0 Å². The molecule has 7 heteroatoms. The maximum Gasteiger partial charge on any atom is 0.270 e. The first-order chi connectivity index (χ1) is 12.5. The van der Waals surface area contributed by atoms with Crippen LogP contribution in [0.15, 0.2) is 53.3 Å². The number of hydrogen-bond donors (Lipinski definition) is 2. The number of carbonyl (C=O) groups excluding carboxylic acids is 1. The average molecular weight is 349 g/mol. The van der Waals surface area contributed by atoms with Crippen LogP contribution in [0.1, 0.15) is 33.9 Å². The first-order valence-electron chi connectivity index (χ1n) is 8.23. The standard InChI is InChI=1S/C19H15N3O4/c23-18-10-15(14-9-12(22(25)26)6-8-17(14)20-18)19(24)21-16-7-5-11-3-1-2-4-13(11)16/h1-4,6,8-10,16H,5,7H2,(H,20,23)(H,21,24). The van der Waals surface area contributed by atoms with E-state index in [1.807, 2.05) is 24.3 Å². The number of carbonyl (C=O) groups is 1. The first kappa shape index (κ1) is 16.0. The summed E-state index contributed by atoms with van der Waals surface area (Å²) in [5.41, 5.74) is 2.23. The summed E-state index contributed by atoms with van der Waals surface area (Å²) in [7, 11) is 0. The molecule has 0 bridgehead atoms. The number of fused-ring (bicyclic) bond motifs is 2. The van der Waals surface area contributed by atoms with Crippen molar-refractivity contribution >= 4 is 22.5 Å². The Bertz CT molecular complexity index is 1100. The number of non-ortho nitro benzene ring substituents is 1. The van der Waals surface area contributed by atoms with Crippen molar-refractivity contribution in [2.75, 3.05) is 0 Å². The molecule has 1 aliphatic rings. The van der Waals surface area contributed by atoms with Crippen LogP contribution in [0.4, 0.5) is 5.69 Å². The summed E-state index contributed by atoms with van der Waals surface area (Å²) in [5, 5.41) is 14.3. The number of aromatic amines is 1. The highest BCUT2D eigenvalue weighted by Gasteiger charge is 2.25. The molecule has 1 heterocycles. The molecule has 1 unspecified atom stereocenters. The Labute approximate surface area is 147 Å². The van der Waals surface area contributed by atoms with Crippen molar-refractivity contribution in [2.45, 2.75) is 18.9 Å². The Morgan fingerprint density at radius 1 is 1.19 bits per heavy atom. The summed E-state index contributed by atoms with van der Waals surface area (Å²) < 4.78 is 0. The topological polar surface area (TPSA) is 105 Å². The summed E-state index contributed by atoms with van der Waals surface area (Å²) in [6.45, 7) is 0. The van der Waals surface area contributed by atoms with Gasteiger partial charge in [0.25, 0.3) is 11.6 Å². The van der Waals surface area contributed by atoms with Gasteiger partial charge < -0.3 is 10.3 Å². The molecule has 26 heavy (non-hydrogen) atoms. The van der Waals surface area contributed by atoms with Gasteiger partial charge >= 0.3 is 0 Å². The molecule has 0 saturated heterocycles. The fourth-order valence-corrected chi connectivity index (χ4v) is 3.49. The van der Waals surface area contributed by atoms with E-state index in [2.05, 4.69) is 10.3 Å². The molecule has 2 N–H and O–H groups in total. The largest absolute Gasteiger partial charge is 0.345 e. The predicted octanol–water partition coefficient (Wildman–Crippen LogP) is 2.85. The molecule has 1 amide bonds. The molecular formula is C19H15N3O4. The van der Waals surface area contributed by atoms with Crippen LogP contribution in [0.2, 0.25) is 0 Å². The number of rotatable bonds is 3. The Hall–Kier alpha value is -3.48. The Kier molecular flexibility index (Phi) is 3.76. The number of H-pyrrole nitrogens is 1. The quantitative estimate of drug-likeness (QED) is 0.560. The van der Waals surface area contributed by atoms with Crippen LogP contribution in [0, 0.1) is 10.1 Å². The summed E-state index contributed by atoms with van der Waals surface area (Å²) in [5.74, 6) is -0.414. The third-order valence-corrected chi connectivity index (χ3v) is 4.72. The lowest BCUT2D eigenvalue weighted by Crippen LogP contribution is -2.28. The second-order valence-electron chi connectivity index (χ2n) is 6.30. The van der Waals surface area contributed by atoms with Crippen molar-refractivity contribution in [3.8, 4) is 0 Å². The maximum atomic E-state index is 12.8. The van der Waals surface area contributed by atoms with Crippen molar-refractivity contribution < 1.29 is 9.72 Å². The number of pyridine rings is 1. The summed E-state index contributed by atoms with van der Waals surface area (Å²) in [6, 6.07) is 13.0. The summed E-state index contributed by atoms with van der Waals surface area (Å²) >= 11 is 0. The molecule has 0 fully saturated rings. The van der Waals surface area contributed by atoms with Crippen LogP contribution in [-0.2, 0) is 6.42 Å². The fraction of sp³-hybridized carbons (Fsp3) is 0.158. The van der Waals surface area contributed by atoms with E-state index < -0.39 is 16.4 Å². The van der Waals surface area contributed by atoms with E-state index in [9.17, 15) is 19.7 Å². The van der Waals surface area contributed by atoms with E-state index in [0.717, 1.165) is 18.4 Å². The van der Waals surface area contributed by atoms with Gasteiger partial charge in [0.1, 0.15) is 0 Å². The summed E-state index contributed by atoms with van der Waals surface area (Å²) in [4.78, 5) is 37.8. The fourth-order valence-electron chi connectivity index (χ4n) is 3.49. The van der Waals surface area contributed by atoms with Gasteiger partial charge in [-0.1, -0.05) is 24.3 Å². The van der Waals surface area contributed by atoms with Crippen molar-refractivity contribution in [2.24, 2.45) is 0 Å². The molecule has 0 saturated carbocycles. The van der Waals surface area contributed by atoms with Crippen molar-refractivity contribution in [3.63, 3.8) is 0 Å². The van der Waals surface area contributed by atoms with Gasteiger partial charge in [-0.25, -0.2) is 0 Å². The van der Waals surface area contributed by atoms with Gasteiger partial charge in [0.05, 0.1) is 16.5 Å². The molecule has 1 aromatic heterocycles. The molecule has 7 nitrogen and oxygen atoms in total. The number of benzene rings is 2. The number of hydrogen-bond acceptors (Lipinski definition) is 4. The normalized spacial score (nSPS) is 15.6. The zero-order valence-corrected chi connectivity index (χ0v) is 13.7. The Balaban J connectivity index is 1.74. The van der Waals surface area contributed by atoms with Gasteiger partial charge in [-0.05, 0) is 30.0 Å². The molecule has 0 radical (unpaired) electrons. The van der Waals surface area contributed by atoms with Gasteiger partial charge in [-0.2, -0.15) is 0 Å². The van der Waals surface area contributed by atoms with Gasteiger partial charge in [-0.15, -0.1) is 0 Å². The Morgan fingerprint density at radius 3 is 2.81 bits per heavy atom. The van der Waals surface area contributed by atoms with Crippen LogP contribution >= 0.6 is 0 Å². The van der Waals surface area contributed by atoms with Gasteiger partial charge in [0.15, 0.2) is 0 Å². The summed E-state index contributed by atoms with van der Waals surface area (Å²) in [6.07, 6.45) is 1.66. The minimum atomic E-state index is -0.528. The minimum absolute atomic E-state index is 0.133. The lowest BCUT2D eigenvalue weighted by atomic mass is 10.1. The van der Waals surface area contributed by atoms with Crippen LogP contribution in [0.25, 0.3) is 10.9 Å². The van der Waals surface area contributed by atoms with E-state index in [1.165, 1.54) is 29.8 Å². The van der Waals surface area contributed by atoms with Crippen molar-refractivity contribution in [1.29, 1.82) is 0 Å². The second kappa shape index (κ2) is 6.11. The number of amides is 1. The molecule has 3 aromatic rings. The lowest BCUT2D eigenvalue weighted by Gasteiger charge is -2.15. The van der Waals surface area contributed by atoms with Crippen LogP contribution < -0.4 is 10.9 Å². The van der Waals surface area contributed by atoms with Crippen LogP contribution in [-0.4, -0.2) is 15.8 Å². The SMILES string of the molecule is O=C(NC1CCc2ccccc21)c1cc(=O)[nH]c2ccc([N+](=O)[O-])cc12. The van der Waals surface area contributed by atoms with Crippen LogP contribution in [0.3, 0.4) is 0 Å². The van der Waals surface area contributed by atoms with Crippen molar-refractivity contribution in [3.05, 3.63) is 85.7 Å². The number of nitro groups is 1. The minimum Gasteiger partial charge on any atom is -0.345 e. The zero-order valence-electron chi connectivity index (χ0n) is 13.7. The third-order valence-electron chi connectivity index (χ3n) is 4.72. The monoisotopic (exact) mass is 349 g/mol. The molecule has 130 valence electrons. The molecule has 4 rings (SSSR count). The third kappa shape index (κ3) is 2.73. The average Bonchev–Trinajstić information content (AvgIpc) is 3.03. The zero-order chi connectivity index (χ0) is 18.3. The second-order valence-corrected chi connectivity index (χ2v) is 6.30. The van der Waals surface area contributed by atoms with E-state index in [0.29, 0.717) is 10.9 Å². The highest BCUT2D eigenvalue weighted by molar-refractivity contribution is 6.06. The molecular weight excluding hydrogens is 334 g/mol. The smallest absolute Gasteiger partial charge is 0.270 e. The maximum absolute atomic E-state index is 12.8. The number of aryl methyl sites for hydroxylation is 1.